The summed E-state index contributed by atoms with van der Waals surface area (Å²) in [5.41, 5.74) is 1.89. The normalized spacial score (nSPS) is 10.8. The third-order valence-corrected chi connectivity index (χ3v) is 2.78. The molecule has 0 saturated heterocycles. The minimum Gasteiger partial charge on any atom is -0.313 e. The summed E-state index contributed by atoms with van der Waals surface area (Å²) < 4.78 is 1.63. The Morgan fingerprint density at radius 2 is 2.12 bits per heavy atom. The fraction of sp³-hybridized carbons (Fsp3) is 0.0769. The van der Waals surface area contributed by atoms with Crippen molar-refractivity contribution in [1.29, 1.82) is 0 Å². The summed E-state index contributed by atoms with van der Waals surface area (Å²) >= 11 is 0. The fourth-order valence-electron chi connectivity index (χ4n) is 1.95. The van der Waals surface area contributed by atoms with Crippen LogP contribution in [0.2, 0.25) is 0 Å². The Hall–Kier alpha value is -2.36. The predicted molar refractivity (Wildman–Crippen MR) is 65.9 cm³/mol. The van der Waals surface area contributed by atoms with Crippen LogP contribution in [0, 0.1) is 0 Å². The zero-order valence-corrected chi connectivity index (χ0v) is 9.13. The monoisotopic (exact) mass is 225 g/mol. The number of aromatic amines is 1. The van der Waals surface area contributed by atoms with Gasteiger partial charge in [-0.2, -0.15) is 0 Å². The third-order valence-electron chi connectivity index (χ3n) is 2.78. The number of para-hydroxylation sites is 1. The molecular formula is C13H11N3O. The largest absolute Gasteiger partial charge is 0.325 e. The highest BCUT2D eigenvalue weighted by molar-refractivity contribution is 5.81. The topological polar surface area (TPSA) is 50.7 Å². The van der Waals surface area contributed by atoms with E-state index in [0.29, 0.717) is 6.54 Å². The van der Waals surface area contributed by atoms with E-state index in [9.17, 15) is 4.79 Å². The van der Waals surface area contributed by atoms with Gasteiger partial charge in [0.1, 0.15) is 0 Å². The summed E-state index contributed by atoms with van der Waals surface area (Å²) in [6.07, 6.45) is 5.15. The lowest BCUT2D eigenvalue weighted by Gasteiger charge is -2.05. The van der Waals surface area contributed by atoms with E-state index in [0.717, 1.165) is 16.5 Å². The van der Waals surface area contributed by atoms with Crippen LogP contribution in [0.15, 0.2) is 53.7 Å². The molecule has 4 nitrogen and oxygen atoms in total. The van der Waals surface area contributed by atoms with Gasteiger partial charge in [-0.15, -0.1) is 0 Å². The second-order valence-corrected chi connectivity index (χ2v) is 3.89. The van der Waals surface area contributed by atoms with Crippen molar-refractivity contribution in [2.45, 2.75) is 6.54 Å². The Labute approximate surface area is 97.6 Å². The number of pyridine rings is 1. The van der Waals surface area contributed by atoms with Gasteiger partial charge < -0.3 is 4.98 Å². The van der Waals surface area contributed by atoms with Gasteiger partial charge in [0.15, 0.2) is 0 Å². The van der Waals surface area contributed by atoms with E-state index in [-0.39, 0.29) is 5.69 Å². The Morgan fingerprint density at radius 3 is 2.94 bits per heavy atom. The van der Waals surface area contributed by atoms with Gasteiger partial charge >= 0.3 is 5.69 Å². The molecule has 0 aliphatic heterocycles. The first-order valence-electron chi connectivity index (χ1n) is 5.41. The lowest BCUT2D eigenvalue weighted by Crippen LogP contribution is -2.16. The van der Waals surface area contributed by atoms with E-state index in [1.807, 2.05) is 30.3 Å². The molecule has 0 fully saturated rings. The maximum absolute atomic E-state index is 11.4. The first kappa shape index (κ1) is 9.84. The second kappa shape index (κ2) is 3.90. The molecule has 0 aliphatic rings. The molecule has 2 heterocycles. The van der Waals surface area contributed by atoms with Crippen LogP contribution in [0.5, 0.6) is 0 Å². The number of H-pyrrole nitrogens is 1. The summed E-state index contributed by atoms with van der Waals surface area (Å²) in [4.78, 5) is 18.4. The van der Waals surface area contributed by atoms with Gasteiger partial charge in [-0.05, 0) is 11.6 Å². The van der Waals surface area contributed by atoms with Crippen molar-refractivity contribution < 1.29 is 0 Å². The van der Waals surface area contributed by atoms with Crippen LogP contribution in [-0.4, -0.2) is 14.5 Å². The van der Waals surface area contributed by atoms with Gasteiger partial charge in [0, 0.05) is 24.0 Å². The van der Waals surface area contributed by atoms with Crippen LogP contribution in [0.1, 0.15) is 5.56 Å². The number of aromatic nitrogens is 3. The van der Waals surface area contributed by atoms with Gasteiger partial charge in [-0.3, -0.25) is 9.55 Å². The number of imidazole rings is 1. The van der Waals surface area contributed by atoms with Crippen molar-refractivity contribution in [2.75, 3.05) is 0 Å². The van der Waals surface area contributed by atoms with Crippen LogP contribution < -0.4 is 5.69 Å². The Kier molecular flexibility index (Phi) is 2.26. The van der Waals surface area contributed by atoms with Gasteiger partial charge in [0.2, 0.25) is 0 Å². The zero-order valence-electron chi connectivity index (χ0n) is 9.13. The third kappa shape index (κ3) is 1.73. The maximum Gasteiger partial charge on any atom is 0.325 e. The molecule has 0 amide bonds. The van der Waals surface area contributed by atoms with Crippen molar-refractivity contribution in [3.63, 3.8) is 0 Å². The van der Waals surface area contributed by atoms with Crippen LogP contribution >= 0.6 is 0 Å². The molecule has 0 spiro atoms. The fourth-order valence-corrected chi connectivity index (χ4v) is 1.95. The first-order valence-corrected chi connectivity index (χ1v) is 5.41. The molecule has 0 bridgehead atoms. The average molecular weight is 225 g/mol. The van der Waals surface area contributed by atoms with Gasteiger partial charge in [0.05, 0.1) is 12.1 Å². The SMILES string of the molecule is O=c1[nH]ccn1Cc1cccc2cccnc12. The molecule has 2 aromatic heterocycles. The molecule has 0 aliphatic carbocycles. The molecule has 0 saturated carbocycles. The first-order chi connectivity index (χ1) is 8.34. The summed E-state index contributed by atoms with van der Waals surface area (Å²) in [7, 11) is 0. The number of nitrogens with zero attached hydrogens (tertiary/aromatic N) is 2. The average Bonchev–Trinajstić information content (AvgIpc) is 2.76. The lowest BCUT2D eigenvalue weighted by molar-refractivity contribution is 0.765. The van der Waals surface area contributed by atoms with E-state index in [2.05, 4.69) is 9.97 Å². The number of fused-ring (bicyclic) bond motifs is 1. The molecule has 1 N–H and O–H groups in total. The van der Waals surface area contributed by atoms with Crippen LogP contribution in [-0.2, 0) is 6.54 Å². The number of benzene rings is 1. The van der Waals surface area contributed by atoms with Gasteiger partial charge in [-0.25, -0.2) is 4.79 Å². The number of hydrogen-bond donors (Lipinski definition) is 1. The zero-order chi connectivity index (χ0) is 11.7. The van der Waals surface area contributed by atoms with Gasteiger partial charge in [-0.1, -0.05) is 24.3 Å². The molecule has 17 heavy (non-hydrogen) atoms. The van der Waals surface area contributed by atoms with E-state index in [1.165, 1.54) is 0 Å². The molecule has 3 rings (SSSR count). The molecule has 1 aromatic carbocycles. The highest BCUT2D eigenvalue weighted by Gasteiger charge is 2.03. The standard InChI is InChI=1S/C13H11N3O/c17-13-15-7-8-16(13)9-11-4-1-3-10-5-2-6-14-12(10)11/h1-8H,9H2,(H,15,17). The van der Waals surface area contributed by atoms with Gasteiger partial charge in [0.25, 0.3) is 0 Å². The molecule has 84 valence electrons. The van der Waals surface area contributed by atoms with Crippen LogP contribution in [0.4, 0.5) is 0 Å². The maximum atomic E-state index is 11.4. The minimum atomic E-state index is -0.0991. The number of nitrogens with one attached hydrogen (secondary N) is 1. The second-order valence-electron chi connectivity index (χ2n) is 3.89. The Bertz CT molecular complexity index is 706. The van der Waals surface area contributed by atoms with E-state index >= 15 is 0 Å². The predicted octanol–water partition coefficient (Wildman–Crippen LogP) is 1.77. The molecule has 0 atom stereocenters. The lowest BCUT2D eigenvalue weighted by atomic mass is 10.1. The highest BCUT2D eigenvalue weighted by Crippen LogP contribution is 2.16. The van der Waals surface area contributed by atoms with Crippen LogP contribution in [0.3, 0.4) is 0 Å². The highest BCUT2D eigenvalue weighted by atomic mass is 16.1. The molecule has 0 radical (unpaired) electrons. The summed E-state index contributed by atoms with van der Waals surface area (Å²) in [6.45, 7) is 0.538. The van der Waals surface area contributed by atoms with Crippen molar-refractivity contribution in [3.8, 4) is 0 Å². The number of rotatable bonds is 2. The molecule has 3 aromatic rings. The summed E-state index contributed by atoms with van der Waals surface area (Å²) in [5.74, 6) is 0. The molecular weight excluding hydrogens is 214 g/mol. The van der Waals surface area contributed by atoms with Crippen molar-refractivity contribution in [3.05, 3.63) is 65.0 Å². The number of hydrogen-bond acceptors (Lipinski definition) is 2. The Morgan fingerprint density at radius 1 is 1.24 bits per heavy atom. The molecule has 4 heteroatoms. The Balaban J connectivity index is 2.12. The smallest absolute Gasteiger partial charge is 0.313 e. The minimum absolute atomic E-state index is 0.0991. The quantitative estimate of drug-likeness (QED) is 0.722. The molecule has 0 unspecified atom stereocenters. The van der Waals surface area contributed by atoms with E-state index in [1.54, 1.807) is 23.2 Å². The van der Waals surface area contributed by atoms with Crippen molar-refractivity contribution in [1.82, 2.24) is 14.5 Å². The van der Waals surface area contributed by atoms with Crippen LogP contribution in [0.25, 0.3) is 10.9 Å². The van der Waals surface area contributed by atoms with Crippen molar-refractivity contribution >= 4 is 10.9 Å². The summed E-state index contributed by atoms with van der Waals surface area (Å²) in [6, 6.07) is 9.93. The van der Waals surface area contributed by atoms with Crippen molar-refractivity contribution in [2.24, 2.45) is 0 Å². The summed E-state index contributed by atoms with van der Waals surface area (Å²) in [5, 5.41) is 1.09. The van der Waals surface area contributed by atoms with E-state index in [4.69, 9.17) is 0 Å². The van der Waals surface area contributed by atoms with E-state index < -0.39 is 0 Å².